The topological polar surface area (TPSA) is 79.8 Å². The Balaban J connectivity index is 1.66. The van der Waals surface area contributed by atoms with Crippen molar-refractivity contribution in [2.75, 3.05) is 5.32 Å². The molecule has 0 saturated carbocycles. The lowest BCUT2D eigenvalue weighted by Crippen LogP contribution is -2.23. The zero-order chi connectivity index (χ0) is 18.4. The Kier molecular flexibility index (Phi) is 5.53. The largest absolute Gasteiger partial charge is 0.348 e. The number of carbonyl (C=O) groups excluding carboxylic acids is 1. The lowest BCUT2D eigenvalue weighted by atomic mass is 10.1. The number of carbonyl (C=O) groups is 1. The Hall–Kier alpha value is -3.28. The molecule has 6 heteroatoms. The maximum absolute atomic E-state index is 12.2. The van der Waals surface area contributed by atoms with Gasteiger partial charge in [0.05, 0.1) is 5.56 Å². The third-order valence-electron chi connectivity index (χ3n) is 4.09. The van der Waals surface area contributed by atoms with Crippen LogP contribution < -0.4 is 10.6 Å². The Labute approximate surface area is 152 Å². The van der Waals surface area contributed by atoms with Crippen LogP contribution in [0.2, 0.25) is 0 Å². The van der Waals surface area contributed by atoms with E-state index in [1.165, 1.54) is 18.0 Å². The number of hydrogen-bond acceptors (Lipinski definition) is 5. The van der Waals surface area contributed by atoms with E-state index < -0.39 is 0 Å². The molecule has 2 aromatic heterocycles. The van der Waals surface area contributed by atoms with Crippen LogP contribution in [0.4, 0.5) is 11.6 Å². The first-order chi connectivity index (χ1) is 12.7. The fraction of sp³-hybridized carbons (Fsp3) is 0.200. The van der Waals surface area contributed by atoms with Gasteiger partial charge in [0, 0.05) is 37.0 Å². The first-order valence-electron chi connectivity index (χ1n) is 8.52. The van der Waals surface area contributed by atoms with Crippen molar-refractivity contribution in [1.29, 1.82) is 0 Å². The Morgan fingerprint density at radius 1 is 1.08 bits per heavy atom. The standard InChI is InChI=1S/C20H21N5O/c1-3-16-6-4-5-14(2)18(16)25-20-23-12-17(13-24-20)19(26)22-11-15-7-9-21-10-8-15/h4-10,12-13H,3,11H2,1-2H3,(H,22,26)(H,23,24,25). The van der Waals surface area contributed by atoms with E-state index in [0.717, 1.165) is 23.2 Å². The van der Waals surface area contributed by atoms with Crippen LogP contribution in [0.1, 0.15) is 34.0 Å². The number of aromatic nitrogens is 3. The minimum absolute atomic E-state index is 0.210. The average Bonchev–Trinajstić information content (AvgIpc) is 2.69. The summed E-state index contributed by atoms with van der Waals surface area (Å²) in [5.74, 6) is 0.262. The summed E-state index contributed by atoms with van der Waals surface area (Å²) in [7, 11) is 0. The van der Waals surface area contributed by atoms with Gasteiger partial charge >= 0.3 is 0 Å². The molecule has 3 rings (SSSR count). The van der Waals surface area contributed by atoms with E-state index in [9.17, 15) is 4.79 Å². The van der Waals surface area contributed by atoms with Crippen LogP contribution in [-0.2, 0) is 13.0 Å². The molecule has 0 aliphatic heterocycles. The molecule has 26 heavy (non-hydrogen) atoms. The maximum Gasteiger partial charge on any atom is 0.254 e. The second-order valence-electron chi connectivity index (χ2n) is 5.92. The molecular weight excluding hydrogens is 326 g/mol. The van der Waals surface area contributed by atoms with Gasteiger partial charge in [0.2, 0.25) is 5.95 Å². The molecule has 6 nitrogen and oxygen atoms in total. The summed E-state index contributed by atoms with van der Waals surface area (Å²) in [6.45, 7) is 4.59. The molecule has 0 bridgehead atoms. The zero-order valence-electron chi connectivity index (χ0n) is 14.9. The lowest BCUT2D eigenvalue weighted by molar-refractivity contribution is 0.0950. The quantitative estimate of drug-likeness (QED) is 0.714. The molecule has 0 aliphatic rings. The fourth-order valence-corrected chi connectivity index (χ4v) is 2.61. The molecule has 1 amide bonds. The zero-order valence-corrected chi connectivity index (χ0v) is 14.9. The number of nitrogens with zero attached hydrogens (tertiary/aromatic N) is 3. The normalized spacial score (nSPS) is 10.4. The monoisotopic (exact) mass is 347 g/mol. The van der Waals surface area contributed by atoms with E-state index in [4.69, 9.17) is 0 Å². The van der Waals surface area contributed by atoms with E-state index >= 15 is 0 Å². The van der Waals surface area contributed by atoms with Gasteiger partial charge < -0.3 is 10.6 Å². The Morgan fingerprint density at radius 2 is 1.81 bits per heavy atom. The number of para-hydroxylation sites is 1. The number of nitrogens with one attached hydrogen (secondary N) is 2. The summed E-state index contributed by atoms with van der Waals surface area (Å²) in [5, 5.41) is 6.10. The van der Waals surface area contributed by atoms with Gasteiger partial charge in [-0.15, -0.1) is 0 Å². The third kappa shape index (κ3) is 4.22. The predicted molar refractivity (Wildman–Crippen MR) is 101 cm³/mol. The van der Waals surface area contributed by atoms with E-state index in [1.807, 2.05) is 31.2 Å². The number of hydrogen-bond donors (Lipinski definition) is 2. The van der Waals surface area contributed by atoms with E-state index in [2.05, 4.69) is 38.6 Å². The molecule has 0 aliphatic carbocycles. The van der Waals surface area contributed by atoms with E-state index in [-0.39, 0.29) is 5.91 Å². The average molecular weight is 347 g/mol. The Morgan fingerprint density at radius 3 is 2.50 bits per heavy atom. The minimum Gasteiger partial charge on any atom is -0.348 e. The van der Waals surface area contributed by atoms with Crippen molar-refractivity contribution in [2.24, 2.45) is 0 Å². The highest BCUT2D eigenvalue weighted by Crippen LogP contribution is 2.23. The molecule has 0 fully saturated rings. The molecule has 132 valence electrons. The molecule has 0 saturated heterocycles. The van der Waals surface area contributed by atoms with Crippen molar-refractivity contribution in [3.8, 4) is 0 Å². The van der Waals surface area contributed by atoms with Crippen molar-refractivity contribution in [3.05, 3.63) is 77.4 Å². The predicted octanol–water partition coefficient (Wildman–Crippen LogP) is 3.42. The minimum atomic E-state index is -0.210. The number of aryl methyl sites for hydroxylation is 2. The smallest absolute Gasteiger partial charge is 0.254 e. The second kappa shape index (κ2) is 8.20. The summed E-state index contributed by atoms with van der Waals surface area (Å²) >= 11 is 0. The second-order valence-corrected chi connectivity index (χ2v) is 5.92. The van der Waals surface area contributed by atoms with Gasteiger partial charge in [0.15, 0.2) is 0 Å². The van der Waals surface area contributed by atoms with Crippen molar-refractivity contribution in [3.63, 3.8) is 0 Å². The molecule has 0 spiro atoms. The molecule has 0 unspecified atom stereocenters. The van der Waals surface area contributed by atoms with Gasteiger partial charge in [-0.25, -0.2) is 9.97 Å². The van der Waals surface area contributed by atoms with E-state index in [0.29, 0.717) is 18.1 Å². The molecule has 0 radical (unpaired) electrons. The van der Waals surface area contributed by atoms with Crippen molar-refractivity contribution in [1.82, 2.24) is 20.3 Å². The summed E-state index contributed by atoms with van der Waals surface area (Å²) in [6, 6.07) is 9.88. The SMILES string of the molecule is CCc1cccc(C)c1Nc1ncc(C(=O)NCc2ccncc2)cn1. The molecule has 0 atom stereocenters. The summed E-state index contributed by atoms with van der Waals surface area (Å²) in [4.78, 5) is 24.7. The molecule has 1 aromatic carbocycles. The third-order valence-corrected chi connectivity index (χ3v) is 4.09. The fourth-order valence-electron chi connectivity index (χ4n) is 2.61. The van der Waals surface area contributed by atoms with Crippen LogP contribution in [0.25, 0.3) is 0 Å². The lowest BCUT2D eigenvalue weighted by Gasteiger charge is -2.12. The van der Waals surface area contributed by atoms with E-state index in [1.54, 1.807) is 12.4 Å². The van der Waals surface area contributed by atoms with Gasteiger partial charge in [0.25, 0.3) is 5.91 Å². The first kappa shape index (κ1) is 17.5. The van der Waals surface area contributed by atoms with Gasteiger partial charge in [-0.2, -0.15) is 0 Å². The number of pyridine rings is 1. The summed E-state index contributed by atoms with van der Waals surface area (Å²) in [6.07, 6.45) is 7.37. The Bertz CT molecular complexity index is 878. The van der Waals surface area contributed by atoms with Gasteiger partial charge in [-0.1, -0.05) is 25.1 Å². The first-order valence-corrected chi connectivity index (χ1v) is 8.52. The van der Waals surface area contributed by atoms with Crippen LogP contribution in [0.5, 0.6) is 0 Å². The molecule has 3 aromatic rings. The molecular formula is C20H21N5O. The van der Waals surface area contributed by atoms with Crippen LogP contribution in [0, 0.1) is 6.92 Å². The number of rotatable bonds is 6. The molecule has 2 heterocycles. The van der Waals surface area contributed by atoms with Gasteiger partial charge in [-0.3, -0.25) is 9.78 Å². The number of amides is 1. The van der Waals surface area contributed by atoms with Gasteiger partial charge in [0.1, 0.15) is 0 Å². The number of anilines is 2. The van der Waals surface area contributed by atoms with Crippen molar-refractivity contribution in [2.45, 2.75) is 26.8 Å². The summed E-state index contributed by atoms with van der Waals surface area (Å²) in [5.41, 5.74) is 4.76. The van der Waals surface area contributed by atoms with Crippen LogP contribution in [0.3, 0.4) is 0 Å². The molecule has 2 N–H and O–H groups in total. The number of benzene rings is 1. The highest BCUT2D eigenvalue weighted by atomic mass is 16.1. The van der Waals surface area contributed by atoms with Crippen LogP contribution in [0.15, 0.2) is 55.1 Å². The van der Waals surface area contributed by atoms with Crippen LogP contribution >= 0.6 is 0 Å². The highest BCUT2D eigenvalue weighted by molar-refractivity contribution is 5.93. The van der Waals surface area contributed by atoms with Gasteiger partial charge in [-0.05, 0) is 42.2 Å². The maximum atomic E-state index is 12.2. The van der Waals surface area contributed by atoms with Crippen molar-refractivity contribution < 1.29 is 4.79 Å². The van der Waals surface area contributed by atoms with Crippen molar-refractivity contribution >= 4 is 17.5 Å². The van der Waals surface area contributed by atoms with Crippen LogP contribution in [-0.4, -0.2) is 20.9 Å². The highest BCUT2D eigenvalue weighted by Gasteiger charge is 2.09. The summed E-state index contributed by atoms with van der Waals surface area (Å²) < 4.78 is 0.